The minimum Gasteiger partial charge on any atom is -0.535 e. The molecule has 0 radical (unpaired) electrons. The zero-order valence-electron chi connectivity index (χ0n) is 16.4. The fourth-order valence-corrected chi connectivity index (χ4v) is 2.60. The van der Waals surface area contributed by atoms with Crippen LogP contribution < -0.4 is 15.1 Å². The molecule has 0 atom stereocenters. The molecule has 146 valence electrons. The van der Waals surface area contributed by atoms with Gasteiger partial charge in [-0.2, -0.15) is 0 Å². The van der Waals surface area contributed by atoms with Crippen LogP contribution in [-0.2, 0) is 15.9 Å². The highest BCUT2D eigenvalue weighted by Gasteiger charge is 2.28. The van der Waals surface area contributed by atoms with Gasteiger partial charge in [0, 0.05) is 0 Å². The Kier molecular flexibility index (Phi) is 10.4. The van der Waals surface area contributed by atoms with Crippen LogP contribution in [0.5, 0.6) is 11.5 Å². The predicted molar refractivity (Wildman–Crippen MR) is 106 cm³/mol. The quantitative estimate of drug-likeness (QED) is 0.799. The van der Waals surface area contributed by atoms with Gasteiger partial charge in [0.1, 0.15) is 18.1 Å². The molecule has 1 aromatic carbocycles. The van der Waals surface area contributed by atoms with Gasteiger partial charge in [-0.3, -0.25) is 0 Å². The topological polar surface area (TPSA) is 83.2 Å². The van der Waals surface area contributed by atoms with E-state index >= 15 is 0 Å². The Morgan fingerprint density at radius 1 is 1.35 bits per heavy atom. The molecule has 1 aromatic rings. The van der Waals surface area contributed by atoms with Crippen LogP contribution in [0, 0.1) is 0 Å². The summed E-state index contributed by atoms with van der Waals surface area (Å²) in [5.74, 6) is 1.35. The Labute approximate surface area is 157 Å². The van der Waals surface area contributed by atoms with Crippen molar-refractivity contribution >= 4 is 12.7 Å². The van der Waals surface area contributed by atoms with E-state index in [1.54, 1.807) is 0 Å². The van der Waals surface area contributed by atoms with Crippen molar-refractivity contribution in [1.29, 1.82) is 0 Å². The van der Waals surface area contributed by atoms with Crippen molar-refractivity contribution in [3.05, 3.63) is 29.8 Å². The van der Waals surface area contributed by atoms with Crippen molar-refractivity contribution in [2.24, 2.45) is 5.73 Å². The van der Waals surface area contributed by atoms with Gasteiger partial charge in [0.05, 0.1) is 18.8 Å². The lowest BCUT2D eigenvalue weighted by Gasteiger charge is -2.25. The van der Waals surface area contributed by atoms with Gasteiger partial charge in [-0.1, -0.05) is 33.4 Å². The van der Waals surface area contributed by atoms with Gasteiger partial charge < -0.3 is 29.6 Å². The van der Waals surface area contributed by atoms with Gasteiger partial charge >= 0.3 is 7.12 Å². The van der Waals surface area contributed by atoms with Crippen molar-refractivity contribution in [3.63, 3.8) is 0 Å². The van der Waals surface area contributed by atoms with E-state index in [1.165, 1.54) is 0 Å². The minimum atomic E-state index is -0.771. The second-order valence-electron chi connectivity index (χ2n) is 5.71. The van der Waals surface area contributed by atoms with Gasteiger partial charge in [-0.25, -0.2) is 0 Å². The zero-order chi connectivity index (χ0) is 19.5. The standard InChI is InChI=1S/C15H19BO5.C2H7N.C2H6/c1-10(2)14-12(20-9-13-18-7-8-19-13)4-3-11-5-6-16(17)21-15(11)14;1-2-3;1-2/h3-4,13,17H,1,5-9H2,2H3;2-3H2,1H3;1-2H3. The minimum absolute atomic E-state index is 0.321. The number of ether oxygens (including phenoxy) is 3. The number of benzene rings is 1. The van der Waals surface area contributed by atoms with Crippen LogP contribution >= 0.6 is 0 Å². The molecule has 3 N–H and O–H groups in total. The average molecular weight is 365 g/mol. The monoisotopic (exact) mass is 365 g/mol. The van der Waals surface area contributed by atoms with Crippen LogP contribution in [0.2, 0.25) is 6.32 Å². The number of hydrogen-bond acceptors (Lipinski definition) is 6. The molecule has 0 saturated carbocycles. The van der Waals surface area contributed by atoms with E-state index in [4.69, 9.17) is 24.6 Å². The summed E-state index contributed by atoms with van der Waals surface area (Å²) in [4.78, 5) is 0. The molecule has 0 spiro atoms. The van der Waals surface area contributed by atoms with Crippen LogP contribution in [0.25, 0.3) is 5.57 Å². The molecule has 7 heteroatoms. The summed E-state index contributed by atoms with van der Waals surface area (Å²) in [6.45, 7) is 14.1. The van der Waals surface area contributed by atoms with Gasteiger partial charge in [0.2, 0.25) is 0 Å². The third-order valence-corrected chi connectivity index (χ3v) is 3.61. The smallest absolute Gasteiger partial charge is 0.522 e. The summed E-state index contributed by atoms with van der Waals surface area (Å²) >= 11 is 0. The van der Waals surface area contributed by atoms with Crippen molar-refractivity contribution in [3.8, 4) is 11.5 Å². The molecular weight excluding hydrogens is 333 g/mol. The second kappa shape index (κ2) is 12.0. The van der Waals surface area contributed by atoms with Gasteiger partial charge in [0.15, 0.2) is 6.29 Å². The fraction of sp³-hybridized carbons (Fsp3) is 0.579. The predicted octanol–water partition coefficient (Wildman–Crippen LogP) is 2.88. The lowest BCUT2D eigenvalue weighted by atomic mass is 9.78. The summed E-state index contributed by atoms with van der Waals surface area (Å²) in [6.07, 6.45) is 1.06. The highest BCUT2D eigenvalue weighted by molar-refractivity contribution is 6.44. The van der Waals surface area contributed by atoms with Crippen molar-refractivity contribution < 1.29 is 23.9 Å². The number of rotatable bonds is 4. The highest BCUT2D eigenvalue weighted by atomic mass is 16.7. The van der Waals surface area contributed by atoms with E-state index in [1.807, 2.05) is 39.8 Å². The molecule has 0 unspecified atom stereocenters. The molecule has 1 fully saturated rings. The lowest BCUT2D eigenvalue weighted by Crippen LogP contribution is -2.27. The van der Waals surface area contributed by atoms with E-state index in [0.29, 0.717) is 37.6 Å². The SMILES string of the molecule is C=C(C)c1c(OCC2OCCO2)ccc2c1OB(O)CC2.CC.CCN. The maximum absolute atomic E-state index is 9.72. The van der Waals surface area contributed by atoms with Crippen LogP contribution in [-0.4, -0.2) is 44.8 Å². The van der Waals surface area contributed by atoms with Crippen molar-refractivity contribution in [2.75, 3.05) is 26.4 Å². The molecular formula is C19H32BNO5. The average Bonchev–Trinajstić information content (AvgIpc) is 3.15. The van der Waals surface area contributed by atoms with E-state index in [0.717, 1.165) is 29.7 Å². The van der Waals surface area contributed by atoms with Crippen molar-refractivity contribution in [2.45, 2.75) is 46.7 Å². The van der Waals surface area contributed by atoms with Crippen LogP contribution in [0.15, 0.2) is 18.7 Å². The summed E-state index contributed by atoms with van der Waals surface area (Å²) in [5.41, 5.74) is 7.56. The van der Waals surface area contributed by atoms with Crippen LogP contribution in [0.3, 0.4) is 0 Å². The summed E-state index contributed by atoms with van der Waals surface area (Å²) in [7, 11) is -0.771. The second-order valence-corrected chi connectivity index (χ2v) is 5.71. The van der Waals surface area contributed by atoms with Gasteiger partial charge in [-0.15, -0.1) is 0 Å². The number of allylic oxidation sites excluding steroid dienone is 1. The molecule has 0 aromatic heterocycles. The molecule has 2 aliphatic heterocycles. The molecule has 0 bridgehead atoms. The lowest BCUT2D eigenvalue weighted by molar-refractivity contribution is -0.0684. The number of nitrogens with two attached hydrogens (primary N) is 1. The summed E-state index contributed by atoms with van der Waals surface area (Å²) in [5, 5.41) is 9.72. The first-order valence-corrected chi connectivity index (χ1v) is 9.29. The third-order valence-electron chi connectivity index (χ3n) is 3.61. The first-order valence-electron chi connectivity index (χ1n) is 9.29. The Bertz CT molecular complexity index is 561. The van der Waals surface area contributed by atoms with Gasteiger partial charge in [0.25, 0.3) is 0 Å². The Morgan fingerprint density at radius 3 is 2.54 bits per heavy atom. The normalized spacial score (nSPS) is 15.7. The molecule has 3 rings (SSSR count). The molecule has 2 aliphatic rings. The van der Waals surface area contributed by atoms with E-state index < -0.39 is 7.12 Å². The Hall–Kier alpha value is -1.54. The summed E-state index contributed by atoms with van der Waals surface area (Å²) < 4.78 is 22.1. The maximum Gasteiger partial charge on any atom is 0.522 e. The first kappa shape index (κ1) is 22.5. The van der Waals surface area contributed by atoms with Crippen LogP contribution in [0.1, 0.15) is 38.8 Å². The molecule has 6 nitrogen and oxygen atoms in total. The van der Waals surface area contributed by atoms with Crippen molar-refractivity contribution in [1.82, 2.24) is 0 Å². The van der Waals surface area contributed by atoms with E-state index in [2.05, 4.69) is 6.58 Å². The number of hydrogen-bond donors (Lipinski definition) is 2. The molecule has 26 heavy (non-hydrogen) atoms. The number of aryl methyl sites for hydroxylation is 1. The largest absolute Gasteiger partial charge is 0.535 e. The van der Waals surface area contributed by atoms with Crippen LogP contribution in [0.4, 0.5) is 0 Å². The fourth-order valence-electron chi connectivity index (χ4n) is 2.60. The van der Waals surface area contributed by atoms with E-state index in [9.17, 15) is 5.02 Å². The molecule has 1 saturated heterocycles. The molecule has 2 heterocycles. The molecule has 0 aliphatic carbocycles. The first-order chi connectivity index (χ1) is 12.6. The Balaban J connectivity index is 0.000000615. The van der Waals surface area contributed by atoms with E-state index in [-0.39, 0.29) is 6.29 Å². The highest BCUT2D eigenvalue weighted by Crippen LogP contribution is 2.40. The maximum atomic E-state index is 9.72. The molecule has 0 amide bonds. The summed E-state index contributed by atoms with van der Waals surface area (Å²) in [6, 6.07) is 3.89. The number of fused-ring (bicyclic) bond motifs is 1. The third kappa shape index (κ3) is 6.32. The zero-order valence-corrected chi connectivity index (χ0v) is 16.4. The Morgan fingerprint density at radius 2 is 1.96 bits per heavy atom. The van der Waals surface area contributed by atoms with Gasteiger partial charge in [-0.05, 0) is 43.4 Å².